The summed E-state index contributed by atoms with van der Waals surface area (Å²) in [6, 6.07) is 21.4. The van der Waals surface area contributed by atoms with E-state index in [-0.39, 0.29) is 12.5 Å². The number of carboxylic acid groups (broad SMARTS) is 1. The second kappa shape index (κ2) is 8.29. The molecule has 1 aliphatic carbocycles. The van der Waals surface area contributed by atoms with Crippen LogP contribution in [-0.2, 0) is 17.6 Å². The minimum absolute atomic E-state index is 0.160. The van der Waals surface area contributed by atoms with E-state index in [1.165, 1.54) is 5.56 Å². The molecule has 3 N–H and O–H groups in total. The van der Waals surface area contributed by atoms with Crippen molar-refractivity contribution >= 4 is 22.6 Å². The Bertz CT molecular complexity index is 1440. The topological polar surface area (TPSA) is 109 Å². The molecule has 0 radical (unpaired) electrons. The Labute approximate surface area is 190 Å². The number of carboxylic acids is 1. The van der Waals surface area contributed by atoms with E-state index in [1.807, 2.05) is 18.2 Å². The minimum atomic E-state index is -0.941. The molecule has 3 aromatic carbocycles. The van der Waals surface area contributed by atoms with Gasteiger partial charge in [0.25, 0.3) is 0 Å². The molecule has 1 aliphatic rings. The number of aryl methyl sites for hydroxylation is 1. The number of anilines is 1. The summed E-state index contributed by atoms with van der Waals surface area (Å²) in [7, 11) is 0. The van der Waals surface area contributed by atoms with E-state index in [1.54, 1.807) is 24.4 Å². The predicted molar refractivity (Wildman–Crippen MR) is 126 cm³/mol. The molecule has 33 heavy (non-hydrogen) atoms. The number of carbonyl (C=O) groups is 1. The van der Waals surface area contributed by atoms with Gasteiger partial charge in [-0.05, 0) is 70.8 Å². The third-order valence-corrected chi connectivity index (χ3v) is 6.11. The Kier molecular flexibility index (Phi) is 5.15. The number of pyridine rings is 1. The largest absolute Gasteiger partial charge is 0.485 e. The van der Waals surface area contributed by atoms with E-state index in [0.29, 0.717) is 22.7 Å². The first-order valence-corrected chi connectivity index (χ1v) is 10.7. The average molecular weight is 435 g/mol. The number of hydrogen-bond acceptors (Lipinski definition) is 5. The van der Waals surface area contributed by atoms with E-state index < -0.39 is 5.97 Å². The molecule has 0 spiro atoms. The van der Waals surface area contributed by atoms with Crippen LogP contribution in [0.3, 0.4) is 0 Å². The van der Waals surface area contributed by atoms with Crippen molar-refractivity contribution in [2.45, 2.75) is 25.4 Å². The first kappa shape index (κ1) is 20.5. The number of hydrogen-bond donors (Lipinski definition) is 2. The Balaban J connectivity index is 1.50. The number of nitriles is 1. The maximum atomic E-state index is 11.3. The second-order valence-electron chi connectivity index (χ2n) is 8.20. The van der Waals surface area contributed by atoms with E-state index in [0.717, 1.165) is 40.3 Å². The number of rotatable bonds is 5. The van der Waals surface area contributed by atoms with Crippen LogP contribution >= 0.6 is 0 Å². The van der Waals surface area contributed by atoms with Crippen molar-refractivity contribution in [2.24, 2.45) is 0 Å². The van der Waals surface area contributed by atoms with Gasteiger partial charge in [0.05, 0.1) is 18.1 Å². The lowest BCUT2D eigenvalue weighted by Crippen LogP contribution is -2.08. The molecular formula is C27H21N3O3. The summed E-state index contributed by atoms with van der Waals surface area (Å²) in [5, 5.41) is 20.5. The monoisotopic (exact) mass is 435 g/mol. The molecule has 162 valence electrons. The molecule has 0 aliphatic heterocycles. The summed E-state index contributed by atoms with van der Waals surface area (Å²) in [5.74, 6) is 0.00745. The molecule has 1 heterocycles. The van der Waals surface area contributed by atoms with Crippen molar-refractivity contribution < 1.29 is 14.6 Å². The molecule has 4 aromatic rings. The zero-order valence-electron chi connectivity index (χ0n) is 17.8. The molecule has 0 fully saturated rings. The van der Waals surface area contributed by atoms with Crippen molar-refractivity contribution in [3.63, 3.8) is 0 Å². The number of nitrogens with two attached hydrogens (primary N) is 1. The zero-order chi connectivity index (χ0) is 22.9. The van der Waals surface area contributed by atoms with E-state index in [2.05, 4.69) is 35.3 Å². The summed E-state index contributed by atoms with van der Waals surface area (Å²) in [6.45, 7) is 0. The standard InChI is InChI=1S/C27H21N3O3/c28-15-16-1-2-21(14-26(31)32)25(11-16)33-24-8-7-17-3-5-19(12-22(17)24)20-6-4-18-9-10-30-27(29)23(18)13-20/h1-6,9-13,24H,7-8,14H2,(H2,29,30)(H,31,32)/t24-/m1/s1. The van der Waals surface area contributed by atoms with Gasteiger partial charge < -0.3 is 15.6 Å². The van der Waals surface area contributed by atoms with Gasteiger partial charge in [-0.2, -0.15) is 5.26 Å². The summed E-state index contributed by atoms with van der Waals surface area (Å²) >= 11 is 0. The maximum Gasteiger partial charge on any atom is 0.307 e. The first-order chi connectivity index (χ1) is 16.0. The molecular weight excluding hydrogens is 414 g/mol. The van der Waals surface area contributed by atoms with Gasteiger partial charge in [0.1, 0.15) is 17.7 Å². The smallest absolute Gasteiger partial charge is 0.307 e. The SMILES string of the molecule is N#Cc1ccc(CC(=O)O)c(O[C@@H]2CCc3ccc(-c4ccc5ccnc(N)c5c4)cc32)c1. The highest BCUT2D eigenvalue weighted by atomic mass is 16.5. The van der Waals surface area contributed by atoms with E-state index in [9.17, 15) is 15.2 Å². The lowest BCUT2D eigenvalue weighted by atomic mass is 9.98. The third kappa shape index (κ3) is 3.97. The predicted octanol–water partition coefficient (Wildman–Crippen LogP) is 5.05. The highest BCUT2D eigenvalue weighted by Gasteiger charge is 2.26. The van der Waals surface area contributed by atoms with Crippen LogP contribution in [0.4, 0.5) is 5.82 Å². The maximum absolute atomic E-state index is 11.3. The Hall–Kier alpha value is -4.37. The Morgan fingerprint density at radius 2 is 1.94 bits per heavy atom. The van der Waals surface area contributed by atoms with Crippen LogP contribution in [0.5, 0.6) is 5.75 Å². The van der Waals surface area contributed by atoms with Gasteiger partial charge >= 0.3 is 5.97 Å². The van der Waals surface area contributed by atoms with Gasteiger partial charge in [0.15, 0.2) is 0 Å². The molecule has 0 unspecified atom stereocenters. The van der Waals surface area contributed by atoms with Gasteiger partial charge in [-0.25, -0.2) is 4.98 Å². The summed E-state index contributed by atoms with van der Waals surface area (Å²) in [5.41, 5.74) is 11.4. The molecule has 1 atom stereocenters. The summed E-state index contributed by atoms with van der Waals surface area (Å²) in [4.78, 5) is 15.5. The van der Waals surface area contributed by atoms with Crippen molar-refractivity contribution in [1.29, 1.82) is 5.26 Å². The molecule has 0 saturated carbocycles. The Morgan fingerprint density at radius 1 is 1.12 bits per heavy atom. The van der Waals surface area contributed by atoms with Crippen LogP contribution in [0.1, 0.15) is 34.8 Å². The molecule has 6 nitrogen and oxygen atoms in total. The molecule has 6 heteroatoms. The fraction of sp³-hybridized carbons (Fsp3) is 0.148. The first-order valence-electron chi connectivity index (χ1n) is 10.7. The molecule has 1 aromatic heterocycles. The number of aliphatic carboxylic acids is 1. The van der Waals surface area contributed by atoms with Crippen LogP contribution in [0, 0.1) is 11.3 Å². The normalized spacial score (nSPS) is 14.6. The average Bonchev–Trinajstić information content (AvgIpc) is 3.22. The van der Waals surface area contributed by atoms with Gasteiger partial charge in [-0.3, -0.25) is 4.79 Å². The van der Waals surface area contributed by atoms with Crippen molar-refractivity contribution in [1.82, 2.24) is 4.98 Å². The number of benzene rings is 3. The molecule has 0 bridgehead atoms. The van der Waals surface area contributed by atoms with Crippen LogP contribution in [-0.4, -0.2) is 16.1 Å². The van der Waals surface area contributed by atoms with Crippen LogP contribution in [0.2, 0.25) is 0 Å². The number of fused-ring (bicyclic) bond motifs is 2. The van der Waals surface area contributed by atoms with Crippen molar-refractivity contribution in [3.8, 4) is 22.9 Å². The van der Waals surface area contributed by atoms with Gasteiger partial charge in [0, 0.05) is 17.1 Å². The lowest BCUT2D eigenvalue weighted by Gasteiger charge is -2.18. The van der Waals surface area contributed by atoms with E-state index >= 15 is 0 Å². The fourth-order valence-corrected chi connectivity index (χ4v) is 4.43. The van der Waals surface area contributed by atoms with Crippen molar-refractivity contribution in [2.75, 3.05) is 5.73 Å². The lowest BCUT2D eigenvalue weighted by molar-refractivity contribution is -0.136. The molecule has 0 amide bonds. The molecule has 0 saturated heterocycles. The zero-order valence-corrected chi connectivity index (χ0v) is 17.8. The fourth-order valence-electron chi connectivity index (χ4n) is 4.43. The van der Waals surface area contributed by atoms with Gasteiger partial charge in [0.2, 0.25) is 0 Å². The van der Waals surface area contributed by atoms with Gasteiger partial charge in [-0.15, -0.1) is 0 Å². The van der Waals surface area contributed by atoms with Crippen LogP contribution in [0.25, 0.3) is 21.9 Å². The third-order valence-electron chi connectivity index (χ3n) is 6.11. The van der Waals surface area contributed by atoms with Crippen molar-refractivity contribution in [3.05, 3.63) is 89.1 Å². The Morgan fingerprint density at radius 3 is 2.76 bits per heavy atom. The number of nitrogen functional groups attached to an aromatic ring is 1. The minimum Gasteiger partial charge on any atom is -0.485 e. The summed E-state index contributed by atoms with van der Waals surface area (Å²) in [6.07, 6.45) is 2.99. The number of ether oxygens (including phenoxy) is 1. The highest BCUT2D eigenvalue weighted by Crippen LogP contribution is 2.39. The number of nitrogens with zero attached hydrogens (tertiary/aromatic N) is 2. The molecule has 5 rings (SSSR count). The van der Waals surface area contributed by atoms with Gasteiger partial charge in [-0.1, -0.05) is 30.3 Å². The van der Waals surface area contributed by atoms with E-state index in [4.69, 9.17) is 10.5 Å². The van der Waals surface area contributed by atoms with Crippen LogP contribution in [0.15, 0.2) is 66.9 Å². The second-order valence-corrected chi connectivity index (χ2v) is 8.20. The quantitative estimate of drug-likeness (QED) is 0.454. The highest BCUT2D eigenvalue weighted by molar-refractivity contribution is 5.94. The number of aromatic nitrogens is 1. The summed E-state index contributed by atoms with van der Waals surface area (Å²) < 4.78 is 6.31. The van der Waals surface area contributed by atoms with Crippen LogP contribution < -0.4 is 10.5 Å².